The summed E-state index contributed by atoms with van der Waals surface area (Å²) in [5.41, 5.74) is 3.67. The molecule has 0 bridgehead atoms. The van der Waals surface area contributed by atoms with Crippen LogP contribution in [0.25, 0.3) is 34.3 Å². The molecular weight excluding hydrogens is 466 g/mol. The lowest BCUT2D eigenvalue weighted by molar-refractivity contribution is 0.199. The summed E-state index contributed by atoms with van der Waals surface area (Å²) in [6, 6.07) is 14.5. The maximum atomic E-state index is 12.4. The second-order valence-electron chi connectivity index (χ2n) is 8.19. The van der Waals surface area contributed by atoms with Gasteiger partial charge in [-0.05, 0) is 43.7 Å². The Morgan fingerprint density at radius 2 is 1.57 bits per heavy atom. The second kappa shape index (κ2) is 10.9. The normalized spacial score (nSPS) is 11.8. The maximum absolute atomic E-state index is 12.4. The summed E-state index contributed by atoms with van der Waals surface area (Å²) in [6.07, 6.45) is 3.15. The fourth-order valence-corrected chi connectivity index (χ4v) is 4.37. The SMILES string of the molecule is COCCNCc1ccc(-c2nnc(-c3cncc(-c4ccc(S(=O)(=O)C(C)C)cc4)n3)o2)cc1. The third-order valence-corrected chi connectivity index (χ3v) is 7.56. The van der Waals surface area contributed by atoms with E-state index in [-0.39, 0.29) is 10.8 Å². The Bertz CT molecular complexity index is 1370. The van der Waals surface area contributed by atoms with Gasteiger partial charge in [0.2, 0.25) is 5.89 Å². The zero-order chi connectivity index (χ0) is 24.8. The standard InChI is InChI=1S/C25H27N5O4S/c1-17(2)35(31,32)21-10-8-19(9-11-21)22-15-27-16-23(28-22)25-30-29-24(34-25)20-6-4-18(5-7-20)14-26-12-13-33-3/h4-11,15-17,26H,12-14H2,1-3H3. The van der Waals surface area contributed by atoms with Crippen LogP contribution in [0.1, 0.15) is 19.4 Å². The van der Waals surface area contributed by atoms with E-state index in [1.54, 1.807) is 57.6 Å². The molecule has 0 radical (unpaired) electrons. The van der Waals surface area contributed by atoms with Crippen LogP contribution in [0.3, 0.4) is 0 Å². The van der Waals surface area contributed by atoms with Crippen LogP contribution in [0.2, 0.25) is 0 Å². The molecule has 2 aromatic heterocycles. The highest BCUT2D eigenvalue weighted by molar-refractivity contribution is 7.92. The number of sulfone groups is 1. The van der Waals surface area contributed by atoms with E-state index in [2.05, 4.69) is 25.5 Å². The molecule has 182 valence electrons. The Hall–Kier alpha value is -3.47. The number of methoxy groups -OCH3 is 1. The van der Waals surface area contributed by atoms with Gasteiger partial charge in [-0.1, -0.05) is 24.3 Å². The second-order valence-corrected chi connectivity index (χ2v) is 10.7. The Kier molecular flexibility index (Phi) is 7.64. The molecule has 0 unspecified atom stereocenters. The molecule has 0 saturated carbocycles. The monoisotopic (exact) mass is 493 g/mol. The van der Waals surface area contributed by atoms with Crippen molar-refractivity contribution < 1.29 is 17.6 Å². The Morgan fingerprint density at radius 3 is 2.26 bits per heavy atom. The van der Waals surface area contributed by atoms with Crippen LogP contribution < -0.4 is 5.32 Å². The molecule has 0 aliphatic heterocycles. The summed E-state index contributed by atoms with van der Waals surface area (Å²) in [7, 11) is -1.66. The minimum atomic E-state index is -3.34. The van der Waals surface area contributed by atoms with Gasteiger partial charge in [-0.25, -0.2) is 13.4 Å². The molecule has 0 atom stereocenters. The van der Waals surface area contributed by atoms with Gasteiger partial charge in [0.25, 0.3) is 5.89 Å². The number of nitrogens with zero attached hydrogens (tertiary/aromatic N) is 4. The molecular formula is C25H27N5O4S. The fourth-order valence-electron chi connectivity index (χ4n) is 3.31. The molecule has 9 nitrogen and oxygen atoms in total. The number of benzene rings is 2. The van der Waals surface area contributed by atoms with Crippen molar-refractivity contribution >= 4 is 9.84 Å². The average Bonchev–Trinajstić information content (AvgIpc) is 3.38. The molecule has 4 rings (SSSR count). The lowest BCUT2D eigenvalue weighted by Crippen LogP contribution is -2.18. The smallest absolute Gasteiger partial charge is 0.268 e. The quantitative estimate of drug-likeness (QED) is 0.329. The van der Waals surface area contributed by atoms with Gasteiger partial charge in [-0.2, -0.15) is 0 Å². The van der Waals surface area contributed by atoms with Crippen molar-refractivity contribution in [3.63, 3.8) is 0 Å². The number of hydrogen-bond donors (Lipinski definition) is 1. The molecule has 2 heterocycles. The summed E-state index contributed by atoms with van der Waals surface area (Å²) in [4.78, 5) is 9.11. The van der Waals surface area contributed by atoms with Crippen LogP contribution >= 0.6 is 0 Å². The van der Waals surface area contributed by atoms with Crippen molar-refractivity contribution in [2.45, 2.75) is 30.5 Å². The van der Waals surface area contributed by atoms with Crippen molar-refractivity contribution in [1.82, 2.24) is 25.5 Å². The fraction of sp³-hybridized carbons (Fsp3) is 0.280. The largest absolute Gasteiger partial charge is 0.415 e. The van der Waals surface area contributed by atoms with Crippen LogP contribution in [-0.2, 0) is 21.1 Å². The van der Waals surface area contributed by atoms with Gasteiger partial charge in [0.15, 0.2) is 9.84 Å². The molecule has 10 heteroatoms. The van der Waals surface area contributed by atoms with Crippen LogP contribution in [0, 0.1) is 0 Å². The van der Waals surface area contributed by atoms with Crippen molar-refractivity contribution in [3.8, 4) is 34.3 Å². The Morgan fingerprint density at radius 1 is 0.914 bits per heavy atom. The molecule has 0 aliphatic rings. The zero-order valence-corrected chi connectivity index (χ0v) is 20.6. The average molecular weight is 494 g/mol. The summed E-state index contributed by atoms with van der Waals surface area (Å²) < 4.78 is 35.6. The third kappa shape index (κ3) is 5.79. The Labute approximate surface area is 204 Å². The number of hydrogen-bond acceptors (Lipinski definition) is 9. The molecule has 4 aromatic rings. The summed E-state index contributed by atoms with van der Waals surface area (Å²) in [5, 5.41) is 11.1. The Balaban J connectivity index is 1.50. The topological polar surface area (TPSA) is 120 Å². The first kappa shape index (κ1) is 24.6. The molecule has 35 heavy (non-hydrogen) atoms. The molecule has 1 N–H and O–H groups in total. The predicted octanol–water partition coefficient (Wildman–Crippen LogP) is 3.78. The van der Waals surface area contributed by atoms with Gasteiger partial charge in [0.1, 0.15) is 5.69 Å². The molecule has 0 aliphatic carbocycles. The summed E-state index contributed by atoms with van der Waals surface area (Å²) in [6.45, 7) is 5.51. The van der Waals surface area contributed by atoms with E-state index in [9.17, 15) is 8.42 Å². The first-order valence-corrected chi connectivity index (χ1v) is 12.7. The van der Waals surface area contributed by atoms with E-state index in [0.29, 0.717) is 23.9 Å². The van der Waals surface area contributed by atoms with Crippen LogP contribution in [0.4, 0.5) is 0 Å². The van der Waals surface area contributed by atoms with Crippen LogP contribution in [0.15, 0.2) is 70.2 Å². The van der Waals surface area contributed by atoms with Gasteiger partial charge in [0, 0.05) is 31.3 Å². The van der Waals surface area contributed by atoms with Crippen molar-refractivity contribution in [1.29, 1.82) is 0 Å². The van der Waals surface area contributed by atoms with Gasteiger partial charge in [-0.3, -0.25) is 4.98 Å². The van der Waals surface area contributed by atoms with E-state index in [0.717, 1.165) is 29.8 Å². The molecule has 0 saturated heterocycles. The van der Waals surface area contributed by atoms with E-state index in [1.807, 2.05) is 24.3 Å². The number of nitrogens with one attached hydrogen (secondary N) is 1. The predicted molar refractivity (Wildman–Crippen MR) is 132 cm³/mol. The van der Waals surface area contributed by atoms with Gasteiger partial charge in [-0.15, -0.1) is 10.2 Å². The maximum Gasteiger partial charge on any atom is 0.268 e. The minimum absolute atomic E-state index is 0.249. The highest BCUT2D eigenvalue weighted by atomic mass is 32.2. The van der Waals surface area contributed by atoms with Crippen LogP contribution in [-0.4, -0.2) is 54.1 Å². The van der Waals surface area contributed by atoms with E-state index < -0.39 is 15.1 Å². The number of rotatable bonds is 10. The van der Waals surface area contributed by atoms with Crippen molar-refractivity contribution in [2.75, 3.05) is 20.3 Å². The number of ether oxygens (including phenoxy) is 1. The zero-order valence-electron chi connectivity index (χ0n) is 19.8. The lowest BCUT2D eigenvalue weighted by atomic mass is 10.1. The third-order valence-electron chi connectivity index (χ3n) is 5.39. The summed E-state index contributed by atoms with van der Waals surface area (Å²) in [5.74, 6) is 0.632. The van der Waals surface area contributed by atoms with Crippen molar-refractivity contribution in [2.24, 2.45) is 0 Å². The molecule has 0 amide bonds. The number of aromatic nitrogens is 4. The molecule has 0 fully saturated rings. The van der Waals surface area contributed by atoms with Gasteiger partial charge >= 0.3 is 0 Å². The first-order valence-electron chi connectivity index (χ1n) is 11.2. The first-order chi connectivity index (χ1) is 16.9. The highest BCUT2D eigenvalue weighted by Crippen LogP contribution is 2.26. The lowest BCUT2D eigenvalue weighted by Gasteiger charge is -2.08. The van der Waals surface area contributed by atoms with Gasteiger partial charge in [0.05, 0.1) is 34.8 Å². The van der Waals surface area contributed by atoms with E-state index in [4.69, 9.17) is 9.15 Å². The van der Waals surface area contributed by atoms with Crippen molar-refractivity contribution in [3.05, 3.63) is 66.5 Å². The van der Waals surface area contributed by atoms with Crippen LogP contribution in [0.5, 0.6) is 0 Å². The molecule has 0 spiro atoms. The van der Waals surface area contributed by atoms with Gasteiger partial charge < -0.3 is 14.5 Å². The van der Waals surface area contributed by atoms with E-state index >= 15 is 0 Å². The molecule has 2 aromatic carbocycles. The van der Waals surface area contributed by atoms with E-state index in [1.165, 1.54) is 0 Å². The summed E-state index contributed by atoms with van der Waals surface area (Å²) >= 11 is 0. The highest BCUT2D eigenvalue weighted by Gasteiger charge is 2.19. The minimum Gasteiger partial charge on any atom is -0.415 e.